The number of sulfonamides is 1. The third-order valence-electron chi connectivity index (χ3n) is 2.94. The first kappa shape index (κ1) is 17.4. The molecule has 2 aromatic rings. The Morgan fingerprint density at radius 2 is 1.70 bits per heavy atom. The molecule has 0 bridgehead atoms. The summed E-state index contributed by atoms with van der Waals surface area (Å²) in [5, 5.41) is 0. The number of nitrogens with one attached hydrogen (secondary N) is 1. The van der Waals surface area contributed by atoms with Crippen molar-refractivity contribution in [1.82, 2.24) is 4.72 Å². The second-order valence-electron chi connectivity index (χ2n) is 4.59. The zero-order chi connectivity index (χ0) is 17.3. The number of benzene rings is 2. The van der Waals surface area contributed by atoms with Gasteiger partial charge < -0.3 is 0 Å². The molecule has 3 nitrogen and oxygen atoms in total. The molecule has 0 aromatic heterocycles. The molecule has 0 atom stereocenters. The van der Waals surface area contributed by atoms with Crippen molar-refractivity contribution in [2.24, 2.45) is 0 Å². The van der Waals surface area contributed by atoms with E-state index in [1.165, 1.54) is 6.07 Å². The van der Waals surface area contributed by atoms with Crippen LogP contribution in [0.2, 0.25) is 0 Å². The fraction of sp³-hybridized carbons (Fsp3) is 0.143. The maximum absolute atomic E-state index is 13.6. The summed E-state index contributed by atoms with van der Waals surface area (Å²) in [6.45, 7) is -0.567. The number of alkyl halides is 3. The maximum Gasteiger partial charge on any atom is 0.416 e. The summed E-state index contributed by atoms with van der Waals surface area (Å²) >= 11 is 0. The van der Waals surface area contributed by atoms with Crippen LogP contribution >= 0.6 is 0 Å². The van der Waals surface area contributed by atoms with Gasteiger partial charge in [0.1, 0.15) is 11.6 Å². The lowest BCUT2D eigenvalue weighted by molar-refractivity contribution is -0.137. The Labute approximate surface area is 128 Å². The van der Waals surface area contributed by atoms with Gasteiger partial charge in [0.05, 0.1) is 10.5 Å². The van der Waals surface area contributed by atoms with Gasteiger partial charge in [-0.2, -0.15) is 13.2 Å². The predicted molar refractivity (Wildman–Crippen MR) is 71.8 cm³/mol. The monoisotopic (exact) mass is 351 g/mol. The lowest BCUT2D eigenvalue weighted by Gasteiger charge is -2.10. The third kappa shape index (κ3) is 4.26. The number of hydrogen-bond acceptors (Lipinski definition) is 2. The third-order valence-corrected chi connectivity index (χ3v) is 4.34. The molecule has 0 aliphatic carbocycles. The average molecular weight is 351 g/mol. The highest BCUT2D eigenvalue weighted by Crippen LogP contribution is 2.30. The minimum absolute atomic E-state index is 0.266. The number of halogens is 5. The van der Waals surface area contributed by atoms with E-state index in [4.69, 9.17) is 0 Å². The predicted octanol–water partition coefficient (Wildman–Crippen LogP) is 3.46. The van der Waals surface area contributed by atoms with Gasteiger partial charge in [0, 0.05) is 12.1 Å². The minimum atomic E-state index is -4.69. The molecule has 0 radical (unpaired) electrons. The van der Waals surface area contributed by atoms with E-state index in [-0.39, 0.29) is 16.5 Å². The molecule has 0 heterocycles. The summed E-state index contributed by atoms with van der Waals surface area (Å²) in [6.07, 6.45) is -4.69. The van der Waals surface area contributed by atoms with Crippen molar-refractivity contribution in [3.8, 4) is 0 Å². The van der Waals surface area contributed by atoms with E-state index in [0.717, 1.165) is 24.3 Å². The quantitative estimate of drug-likeness (QED) is 0.858. The highest BCUT2D eigenvalue weighted by molar-refractivity contribution is 7.89. The summed E-state index contributed by atoms with van der Waals surface area (Å²) in [4.78, 5) is -0.371. The van der Waals surface area contributed by atoms with Gasteiger partial charge in [-0.3, -0.25) is 0 Å². The minimum Gasteiger partial charge on any atom is -0.207 e. The molecule has 124 valence electrons. The molecule has 0 aliphatic heterocycles. The van der Waals surface area contributed by atoms with Crippen molar-refractivity contribution in [2.75, 3.05) is 0 Å². The molecule has 0 unspecified atom stereocenters. The molecule has 0 saturated carbocycles. The molecule has 1 N–H and O–H groups in total. The lowest BCUT2D eigenvalue weighted by atomic mass is 10.1. The van der Waals surface area contributed by atoms with Crippen molar-refractivity contribution in [2.45, 2.75) is 17.6 Å². The van der Waals surface area contributed by atoms with Crippen LogP contribution in [0.4, 0.5) is 22.0 Å². The number of hydrogen-bond donors (Lipinski definition) is 1. The highest BCUT2D eigenvalue weighted by Gasteiger charge is 2.31. The van der Waals surface area contributed by atoms with Crippen LogP contribution < -0.4 is 4.72 Å². The van der Waals surface area contributed by atoms with Gasteiger partial charge in [0.15, 0.2) is 0 Å². The van der Waals surface area contributed by atoms with E-state index in [1.54, 1.807) is 0 Å². The molecular formula is C14H10F5NO2S. The van der Waals surface area contributed by atoms with E-state index in [0.29, 0.717) is 6.07 Å². The van der Waals surface area contributed by atoms with Gasteiger partial charge in [-0.15, -0.1) is 0 Å². The first-order valence-corrected chi connectivity index (χ1v) is 7.69. The zero-order valence-corrected chi connectivity index (χ0v) is 12.2. The summed E-state index contributed by atoms with van der Waals surface area (Å²) in [5.74, 6) is -1.96. The van der Waals surface area contributed by atoms with E-state index in [9.17, 15) is 30.4 Å². The SMILES string of the molecule is O=S(=O)(NCc1ccc(C(F)(F)F)cc1F)c1cccc(F)c1. The van der Waals surface area contributed by atoms with E-state index < -0.39 is 39.9 Å². The number of rotatable bonds is 4. The molecular weight excluding hydrogens is 341 g/mol. The molecule has 0 aliphatic rings. The largest absolute Gasteiger partial charge is 0.416 e. The fourth-order valence-corrected chi connectivity index (χ4v) is 2.79. The van der Waals surface area contributed by atoms with E-state index in [2.05, 4.69) is 0 Å². The van der Waals surface area contributed by atoms with Crippen molar-refractivity contribution >= 4 is 10.0 Å². The molecule has 0 saturated heterocycles. The summed E-state index contributed by atoms with van der Waals surface area (Å²) in [6, 6.07) is 5.91. The Morgan fingerprint density at radius 1 is 1.00 bits per heavy atom. The van der Waals surface area contributed by atoms with Gasteiger partial charge in [-0.1, -0.05) is 12.1 Å². The van der Waals surface area contributed by atoms with Crippen molar-refractivity contribution < 1.29 is 30.4 Å². The molecule has 0 fully saturated rings. The van der Waals surface area contributed by atoms with Crippen LogP contribution in [0, 0.1) is 11.6 Å². The van der Waals surface area contributed by atoms with Crippen LogP contribution in [-0.2, 0) is 22.7 Å². The van der Waals surface area contributed by atoms with Crippen LogP contribution in [0.3, 0.4) is 0 Å². The Bertz CT molecular complexity index is 818. The fourth-order valence-electron chi connectivity index (χ4n) is 1.76. The summed E-state index contributed by atoms with van der Waals surface area (Å²) in [5.41, 5.74) is -1.44. The molecule has 2 aromatic carbocycles. The summed E-state index contributed by atoms with van der Waals surface area (Å²) < 4.78 is 89.7. The van der Waals surface area contributed by atoms with Crippen LogP contribution in [0.1, 0.15) is 11.1 Å². The van der Waals surface area contributed by atoms with Gasteiger partial charge in [-0.05, 0) is 30.3 Å². The molecule has 9 heteroatoms. The van der Waals surface area contributed by atoms with Crippen LogP contribution in [0.15, 0.2) is 47.4 Å². The standard InChI is InChI=1S/C14H10F5NO2S/c15-11-2-1-3-12(7-11)23(21,22)20-8-9-4-5-10(6-13(9)16)14(17,18)19/h1-7,20H,8H2. The molecule has 2 rings (SSSR count). The molecule has 0 spiro atoms. The lowest BCUT2D eigenvalue weighted by Crippen LogP contribution is -2.24. The zero-order valence-electron chi connectivity index (χ0n) is 11.4. The maximum atomic E-state index is 13.6. The van der Waals surface area contributed by atoms with E-state index >= 15 is 0 Å². The Hall–Kier alpha value is -2.00. The highest BCUT2D eigenvalue weighted by atomic mass is 32.2. The molecule has 0 amide bonds. The summed E-state index contributed by atoms with van der Waals surface area (Å²) in [7, 11) is -4.12. The van der Waals surface area contributed by atoms with Crippen LogP contribution in [0.25, 0.3) is 0 Å². The average Bonchev–Trinajstić information content (AvgIpc) is 2.45. The Kier molecular flexibility index (Phi) is 4.71. The van der Waals surface area contributed by atoms with E-state index in [1.807, 2.05) is 4.72 Å². The normalized spacial score (nSPS) is 12.4. The van der Waals surface area contributed by atoms with Crippen molar-refractivity contribution in [1.29, 1.82) is 0 Å². The van der Waals surface area contributed by atoms with Crippen molar-refractivity contribution in [3.63, 3.8) is 0 Å². The van der Waals surface area contributed by atoms with Gasteiger partial charge >= 0.3 is 6.18 Å². The topological polar surface area (TPSA) is 46.2 Å². The Morgan fingerprint density at radius 3 is 2.26 bits per heavy atom. The Balaban J connectivity index is 2.18. The van der Waals surface area contributed by atoms with Gasteiger partial charge in [0.2, 0.25) is 10.0 Å². The van der Waals surface area contributed by atoms with Crippen LogP contribution in [-0.4, -0.2) is 8.42 Å². The smallest absolute Gasteiger partial charge is 0.207 e. The second-order valence-corrected chi connectivity index (χ2v) is 6.35. The van der Waals surface area contributed by atoms with Crippen molar-refractivity contribution in [3.05, 3.63) is 65.2 Å². The van der Waals surface area contributed by atoms with Gasteiger partial charge in [-0.25, -0.2) is 21.9 Å². The van der Waals surface area contributed by atoms with Gasteiger partial charge in [0.25, 0.3) is 0 Å². The van der Waals surface area contributed by atoms with Crippen LogP contribution in [0.5, 0.6) is 0 Å². The first-order chi connectivity index (χ1) is 10.6. The first-order valence-electron chi connectivity index (χ1n) is 6.20. The molecule has 23 heavy (non-hydrogen) atoms. The second kappa shape index (κ2) is 6.25.